The minimum Gasteiger partial charge on any atom is -0.358 e. The molecule has 4 rings (SSSR count). The lowest BCUT2D eigenvalue weighted by Crippen LogP contribution is -2.26. The highest BCUT2D eigenvalue weighted by molar-refractivity contribution is 6.06. The van der Waals surface area contributed by atoms with Crippen LogP contribution in [-0.4, -0.2) is 35.8 Å². The van der Waals surface area contributed by atoms with Gasteiger partial charge in [-0.3, -0.25) is 9.59 Å². The number of hydrogen-bond donors (Lipinski definition) is 2. The summed E-state index contributed by atoms with van der Waals surface area (Å²) in [6, 6.07) is 13.4. The molecule has 1 heterocycles. The summed E-state index contributed by atoms with van der Waals surface area (Å²) >= 11 is 0. The molecule has 0 aliphatic heterocycles. The standard InChI is InChI=1S/C24H27N3O2/c1-25-23(28)17-13-11-16(12-14-17)15-27(2)24(29)20-9-6-8-19-18-7-4-3-5-10-21(18)26-22(19)20/h6,8-9,11-14,26H,3-5,7,10,15H2,1-2H3,(H,25,28). The van der Waals surface area contributed by atoms with Crippen LogP contribution in [0.15, 0.2) is 42.5 Å². The second-order valence-electron chi connectivity index (χ2n) is 7.81. The first-order valence-electron chi connectivity index (χ1n) is 10.3. The van der Waals surface area contributed by atoms with Crippen molar-refractivity contribution in [3.8, 4) is 0 Å². The number of para-hydroxylation sites is 1. The van der Waals surface area contributed by atoms with E-state index in [0.717, 1.165) is 29.5 Å². The van der Waals surface area contributed by atoms with E-state index < -0.39 is 0 Å². The molecule has 29 heavy (non-hydrogen) atoms. The third kappa shape index (κ3) is 3.77. The number of aryl methyl sites for hydroxylation is 2. The molecule has 0 fully saturated rings. The van der Waals surface area contributed by atoms with Gasteiger partial charge in [-0.2, -0.15) is 0 Å². The summed E-state index contributed by atoms with van der Waals surface area (Å²) in [5.74, 6) is -0.110. The molecule has 0 unspecified atom stereocenters. The minimum atomic E-state index is -0.112. The van der Waals surface area contributed by atoms with Crippen molar-refractivity contribution in [3.63, 3.8) is 0 Å². The zero-order valence-electron chi connectivity index (χ0n) is 17.0. The van der Waals surface area contributed by atoms with Gasteiger partial charge in [0.15, 0.2) is 0 Å². The summed E-state index contributed by atoms with van der Waals surface area (Å²) in [5.41, 5.74) is 5.97. The van der Waals surface area contributed by atoms with E-state index in [9.17, 15) is 9.59 Å². The van der Waals surface area contributed by atoms with Crippen molar-refractivity contribution in [1.82, 2.24) is 15.2 Å². The Kier molecular flexibility index (Phi) is 5.38. The average Bonchev–Trinajstić information content (AvgIpc) is 2.94. The number of benzene rings is 2. The molecule has 2 aromatic carbocycles. The summed E-state index contributed by atoms with van der Waals surface area (Å²) in [5, 5.41) is 3.81. The summed E-state index contributed by atoms with van der Waals surface area (Å²) in [7, 11) is 3.44. The Bertz CT molecular complexity index is 1050. The van der Waals surface area contributed by atoms with Crippen molar-refractivity contribution in [1.29, 1.82) is 0 Å². The largest absolute Gasteiger partial charge is 0.358 e. The summed E-state index contributed by atoms with van der Waals surface area (Å²) in [4.78, 5) is 30.2. The number of rotatable bonds is 4. The second-order valence-corrected chi connectivity index (χ2v) is 7.81. The third-order valence-corrected chi connectivity index (χ3v) is 5.82. The first-order valence-corrected chi connectivity index (χ1v) is 10.3. The van der Waals surface area contributed by atoms with Gasteiger partial charge in [-0.1, -0.05) is 30.7 Å². The fourth-order valence-corrected chi connectivity index (χ4v) is 4.24. The molecule has 150 valence electrons. The van der Waals surface area contributed by atoms with E-state index in [4.69, 9.17) is 0 Å². The van der Waals surface area contributed by atoms with E-state index in [2.05, 4.69) is 16.4 Å². The maximum absolute atomic E-state index is 13.2. The van der Waals surface area contributed by atoms with E-state index in [0.29, 0.717) is 12.1 Å². The number of fused-ring (bicyclic) bond motifs is 3. The molecule has 2 N–H and O–H groups in total. The van der Waals surface area contributed by atoms with Crippen molar-refractivity contribution >= 4 is 22.7 Å². The number of aromatic amines is 1. The molecular formula is C24H27N3O2. The number of nitrogens with one attached hydrogen (secondary N) is 2. The van der Waals surface area contributed by atoms with Crippen LogP contribution < -0.4 is 5.32 Å². The predicted molar refractivity (Wildman–Crippen MR) is 115 cm³/mol. The highest BCUT2D eigenvalue weighted by Crippen LogP contribution is 2.30. The van der Waals surface area contributed by atoms with Crippen molar-refractivity contribution in [2.45, 2.75) is 38.6 Å². The van der Waals surface area contributed by atoms with E-state index in [1.807, 2.05) is 31.3 Å². The molecule has 0 saturated carbocycles. The first-order chi connectivity index (χ1) is 14.1. The Morgan fingerprint density at radius 1 is 1.03 bits per heavy atom. The molecule has 1 aliphatic rings. The van der Waals surface area contributed by atoms with E-state index in [1.165, 1.54) is 35.9 Å². The summed E-state index contributed by atoms with van der Waals surface area (Å²) in [6.45, 7) is 0.490. The fourth-order valence-electron chi connectivity index (χ4n) is 4.24. The topological polar surface area (TPSA) is 65.2 Å². The average molecular weight is 389 g/mol. The van der Waals surface area contributed by atoms with Crippen LogP contribution in [0.1, 0.15) is 56.8 Å². The molecule has 1 aromatic heterocycles. The van der Waals surface area contributed by atoms with Crippen LogP contribution in [0.2, 0.25) is 0 Å². The van der Waals surface area contributed by atoms with E-state index in [1.54, 1.807) is 24.1 Å². The lowest BCUT2D eigenvalue weighted by Gasteiger charge is -2.18. The molecule has 5 nitrogen and oxygen atoms in total. The fraction of sp³-hybridized carbons (Fsp3) is 0.333. The Morgan fingerprint density at radius 3 is 2.55 bits per heavy atom. The predicted octanol–water partition coefficient (Wildman–Crippen LogP) is 4.07. The third-order valence-electron chi connectivity index (χ3n) is 5.82. The molecule has 0 radical (unpaired) electrons. The van der Waals surface area contributed by atoms with E-state index >= 15 is 0 Å². The molecule has 1 aliphatic carbocycles. The van der Waals surface area contributed by atoms with Crippen LogP contribution in [0.3, 0.4) is 0 Å². The molecule has 3 aromatic rings. The summed E-state index contributed by atoms with van der Waals surface area (Å²) in [6.07, 6.45) is 5.83. The highest BCUT2D eigenvalue weighted by Gasteiger charge is 2.20. The Balaban J connectivity index is 1.57. The van der Waals surface area contributed by atoms with Gasteiger partial charge in [0.2, 0.25) is 0 Å². The van der Waals surface area contributed by atoms with Crippen LogP contribution in [-0.2, 0) is 19.4 Å². The van der Waals surface area contributed by atoms with Gasteiger partial charge in [0.25, 0.3) is 11.8 Å². The van der Waals surface area contributed by atoms with Crippen molar-refractivity contribution in [2.24, 2.45) is 0 Å². The van der Waals surface area contributed by atoms with Gasteiger partial charge in [0.05, 0.1) is 11.1 Å². The lowest BCUT2D eigenvalue weighted by atomic mass is 10.0. The first kappa shape index (κ1) is 19.2. The second kappa shape index (κ2) is 8.11. The zero-order chi connectivity index (χ0) is 20.4. The molecule has 5 heteroatoms. The lowest BCUT2D eigenvalue weighted by molar-refractivity contribution is 0.0786. The molecule has 0 spiro atoms. The Morgan fingerprint density at radius 2 is 1.79 bits per heavy atom. The minimum absolute atomic E-state index is 0.00221. The van der Waals surface area contributed by atoms with Gasteiger partial charge in [0.1, 0.15) is 0 Å². The monoisotopic (exact) mass is 389 g/mol. The highest BCUT2D eigenvalue weighted by atomic mass is 16.2. The van der Waals surface area contributed by atoms with Crippen LogP contribution in [0.4, 0.5) is 0 Å². The quantitative estimate of drug-likeness (QED) is 0.661. The van der Waals surface area contributed by atoms with Crippen molar-refractivity contribution < 1.29 is 9.59 Å². The number of H-pyrrole nitrogens is 1. The number of nitrogens with zero attached hydrogens (tertiary/aromatic N) is 1. The molecule has 2 amide bonds. The smallest absolute Gasteiger partial charge is 0.256 e. The Hall–Kier alpha value is -3.08. The summed E-state index contributed by atoms with van der Waals surface area (Å²) < 4.78 is 0. The SMILES string of the molecule is CNC(=O)c1ccc(CN(C)C(=O)c2cccc3c4c([nH]c23)CCCCC4)cc1. The number of hydrogen-bond acceptors (Lipinski definition) is 2. The van der Waals surface area contributed by atoms with Gasteiger partial charge in [0, 0.05) is 37.3 Å². The molecule has 0 atom stereocenters. The number of carbonyl (C=O) groups excluding carboxylic acids is 2. The van der Waals surface area contributed by atoms with Gasteiger partial charge < -0.3 is 15.2 Å². The van der Waals surface area contributed by atoms with Crippen LogP contribution in [0.25, 0.3) is 10.9 Å². The maximum atomic E-state index is 13.2. The van der Waals surface area contributed by atoms with E-state index in [-0.39, 0.29) is 11.8 Å². The number of aromatic nitrogens is 1. The van der Waals surface area contributed by atoms with Crippen molar-refractivity contribution in [3.05, 3.63) is 70.4 Å². The van der Waals surface area contributed by atoms with Crippen LogP contribution in [0, 0.1) is 0 Å². The Labute approximate surface area is 171 Å². The normalized spacial score (nSPS) is 13.6. The zero-order valence-corrected chi connectivity index (χ0v) is 17.0. The molecule has 0 bridgehead atoms. The molecular weight excluding hydrogens is 362 g/mol. The van der Waals surface area contributed by atoms with Gasteiger partial charge in [-0.25, -0.2) is 0 Å². The van der Waals surface area contributed by atoms with Gasteiger partial charge in [-0.05, 0) is 55.0 Å². The maximum Gasteiger partial charge on any atom is 0.256 e. The number of carbonyl (C=O) groups is 2. The van der Waals surface area contributed by atoms with Crippen molar-refractivity contribution in [2.75, 3.05) is 14.1 Å². The van der Waals surface area contributed by atoms with Gasteiger partial charge in [-0.15, -0.1) is 0 Å². The van der Waals surface area contributed by atoms with Crippen LogP contribution in [0.5, 0.6) is 0 Å². The molecule has 0 saturated heterocycles. The van der Waals surface area contributed by atoms with Crippen LogP contribution >= 0.6 is 0 Å². The number of amides is 2. The van der Waals surface area contributed by atoms with Gasteiger partial charge >= 0.3 is 0 Å².